The van der Waals surface area contributed by atoms with Crippen molar-refractivity contribution in [3.05, 3.63) is 52.6 Å². The van der Waals surface area contributed by atoms with E-state index in [9.17, 15) is 13.2 Å². The Bertz CT molecular complexity index is 1680. The summed E-state index contributed by atoms with van der Waals surface area (Å²) in [5.74, 6) is 1.71. The van der Waals surface area contributed by atoms with Crippen molar-refractivity contribution in [3.63, 3.8) is 0 Å². The zero-order chi connectivity index (χ0) is 30.1. The van der Waals surface area contributed by atoms with Crippen LogP contribution in [0.5, 0.6) is 11.5 Å². The summed E-state index contributed by atoms with van der Waals surface area (Å²) < 4.78 is 47.6. The molecule has 0 unspecified atom stereocenters. The average molecular weight is 607 g/mol. The van der Waals surface area contributed by atoms with Crippen molar-refractivity contribution in [3.8, 4) is 22.8 Å². The molecule has 228 valence electrons. The van der Waals surface area contributed by atoms with Crippen molar-refractivity contribution in [1.82, 2.24) is 15.0 Å². The van der Waals surface area contributed by atoms with Crippen LogP contribution in [0.4, 0.5) is 5.82 Å². The van der Waals surface area contributed by atoms with Crippen molar-refractivity contribution >= 4 is 21.7 Å². The SMILES string of the molecule is CCN1CCN(C(=O)c2cc(OC)c(S(=O)(=O)Nc3noc4c3C[C@@]3(C[C@@H]3C)c3ccc(C5CC5)cc3-4)c(OC)c2)CC1. The Kier molecular flexibility index (Phi) is 6.73. The molecule has 2 atom stereocenters. The number of hydrogen-bond acceptors (Lipinski definition) is 8. The van der Waals surface area contributed by atoms with E-state index >= 15 is 0 Å². The van der Waals surface area contributed by atoms with Crippen LogP contribution < -0.4 is 14.2 Å². The van der Waals surface area contributed by atoms with Gasteiger partial charge in [0.2, 0.25) is 0 Å². The Hall–Kier alpha value is -3.57. The number of anilines is 1. The molecule has 2 aromatic carbocycles. The normalized spacial score (nSPS) is 23.1. The van der Waals surface area contributed by atoms with E-state index in [1.54, 1.807) is 4.90 Å². The zero-order valence-corrected chi connectivity index (χ0v) is 25.9. The number of nitrogens with zero attached hydrogens (tertiary/aromatic N) is 3. The van der Waals surface area contributed by atoms with E-state index < -0.39 is 10.0 Å². The van der Waals surface area contributed by atoms with Crippen LogP contribution in [-0.2, 0) is 21.9 Å². The lowest BCUT2D eigenvalue weighted by Gasteiger charge is -2.34. The van der Waals surface area contributed by atoms with Crippen molar-refractivity contribution in [2.45, 2.75) is 55.8 Å². The summed E-state index contributed by atoms with van der Waals surface area (Å²) in [5.41, 5.74) is 4.61. The van der Waals surface area contributed by atoms with E-state index in [0.29, 0.717) is 42.7 Å². The van der Waals surface area contributed by atoms with Gasteiger partial charge in [-0.05, 0) is 73.4 Å². The average Bonchev–Trinajstić information content (AvgIpc) is 3.94. The Morgan fingerprint density at radius 3 is 2.35 bits per heavy atom. The lowest BCUT2D eigenvalue weighted by Crippen LogP contribution is -2.48. The topological polar surface area (TPSA) is 114 Å². The maximum Gasteiger partial charge on any atom is 0.270 e. The number of fused-ring (bicyclic) bond motifs is 4. The number of benzene rings is 2. The number of amides is 1. The largest absolute Gasteiger partial charge is 0.495 e. The number of nitrogens with one attached hydrogen (secondary N) is 1. The van der Waals surface area contributed by atoms with Gasteiger partial charge in [-0.1, -0.05) is 31.1 Å². The molecule has 3 aliphatic carbocycles. The highest BCUT2D eigenvalue weighted by atomic mass is 32.2. The number of piperazine rings is 1. The molecule has 11 heteroatoms. The molecule has 3 aromatic rings. The Balaban J connectivity index is 1.22. The summed E-state index contributed by atoms with van der Waals surface area (Å²) in [6.45, 7) is 8.06. The molecule has 3 fully saturated rings. The van der Waals surface area contributed by atoms with Crippen LogP contribution in [-0.4, -0.2) is 76.2 Å². The van der Waals surface area contributed by atoms with Gasteiger partial charge in [-0.25, -0.2) is 8.42 Å². The fourth-order valence-electron chi connectivity index (χ4n) is 7.04. The Labute approximate surface area is 252 Å². The van der Waals surface area contributed by atoms with E-state index in [0.717, 1.165) is 37.2 Å². The van der Waals surface area contributed by atoms with E-state index in [-0.39, 0.29) is 33.5 Å². The minimum atomic E-state index is -4.25. The highest BCUT2D eigenvalue weighted by molar-refractivity contribution is 7.93. The molecular formula is C32H38N4O6S. The van der Waals surface area contributed by atoms with E-state index in [1.165, 1.54) is 50.3 Å². The summed E-state index contributed by atoms with van der Waals surface area (Å²) in [5, 5.41) is 4.24. The van der Waals surface area contributed by atoms with Gasteiger partial charge in [-0.15, -0.1) is 0 Å². The molecule has 1 saturated heterocycles. The molecule has 7 rings (SSSR count). The lowest BCUT2D eigenvalue weighted by molar-refractivity contribution is 0.0642. The minimum absolute atomic E-state index is 0.0199. The number of methoxy groups -OCH3 is 2. The van der Waals surface area contributed by atoms with Crippen LogP contribution in [0.25, 0.3) is 11.3 Å². The number of aromatic nitrogens is 1. The molecule has 4 aliphatic rings. The van der Waals surface area contributed by atoms with E-state index in [4.69, 9.17) is 14.0 Å². The van der Waals surface area contributed by atoms with Crippen molar-refractivity contribution in [2.75, 3.05) is 51.7 Å². The van der Waals surface area contributed by atoms with Gasteiger partial charge >= 0.3 is 0 Å². The summed E-state index contributed by atoms with van der Waals surface area (Å²) >= 11 is 0. The first-order valence-electron chi connectivity index (χ1n) is 15.1. The third kappa shape index (κ3) is 4.68. The Morgan fingerprint density at radius 2 is 1.77 bits per heavy atom. The molecule has 1 N–H and O–H groups in total. The second kappa shape index (κ2) is 10.3. The summed E-state index contributed by atoms with van der Waals surface area (Å²) in [6.07, 6.45) is 4.06. The maximum atomic E-state index is 14.0. The second-order valence-corrected chi connectivity index (χ2v) is 14.0. The minimum Gasteiger partial charge on any atom is -0.495 e. The zero-order valence-electron chi connectivity index (χ0n) is 25.1. The molecule has 1 aromatic heterocycles. The fraction of sp³-hybridized carbons (Fsp3) is 0.500. The van der Waals surface area contributed by atoms with Crippen LogP contribution in [0, 0.1) is 5.92 Å². The van der Waals surface area contributed by atoms with Crippen molar-refractivity contribution in [1.29, 1.82) is 0 Å². The van der Waals surface area contributed by atoms with Gasteiger partial charge in [0.1, 0.15) is 11.5 Å². The Morgan fingerprint density at radius 1 is 1.09 bits per heavy atom. The maximum absolute atomic E-state index is 14.0. The molecule has 1 aliphatic heterocycles. The molecule has 0 bridgehead atoms. The van der Waals surface area contributed by atoms with Gasteiger partial charge < -0.3 is 23.8 Å². The monoisotopic (exact) mass is 606 g/mol. The standard InChI is InChI=1S/C32H38N4O6S/c1-5-35-10-12-36(13-11-35)31(37)22-15-26(40-3)29(27(16-22)41-4)43(38,39)34-30-24-18-32(17-19(32)2)25-9-8-21(20-6-7-20)14-23(25)28(24)42-33-30/h8-9,14-16,19-20H,5-7,10-13,17-18H2,1-4H3,(H,33,34)/t19-,32+/m0/s1. The predicted molar refractivity (Wildman–Crippen MR) is 161 cm³/mol. The number of ether oxygens (including phenoxy) is 2. The van der Waals surface area contributed by atoms with Crippen LogP contribution in [0.2, 0.25) is 0 Å². The quantitative estimate of drug-likeness (QED) is 0.394. The number of sulfonamides is 1. The number of hydrogen-bond donors (Lipinski definition) is 1. The van der Waals surface area contributed by atoms with Crippen LogP contribution >= 0.6 is 0 Å². The van der Waals surface area contributed by atoms with Gasteiger partial charge in [0.15, 0.2) is 16.5 Å². The van der Waals surface area contributed by atoms with Crippen LogP contribution in [0.3, 0.4) is 0 Å². The fourth-order valence-corrected chi connectivity index (χ4v) is 8.37. The van der Waals surface area contributed by atoms with Gasteiger partial charge in [-0.2, -0.15) is 0 Å². The first-order valence-corrected chi connectivity index (χ1v) is 16.6. The highest BCUT2D eigenvalue weighted by Gasteiger charge is 2.56. The lowest BCUT2D eigenvalue weighted by atomic mass is 9.77. The van der Waals surface area contributed by atoms with Gasteiger partial charge in [-0.3, -0.25) is 9.52 Å². The predicted octanol–water partition coefficient (Wildman–Crippen LogP) is 4.65. The van der Waals surface area contributed by atoms with Crippen molar-refractivity contribution in [2.24, 2.45) is 5.92 Å². The molecule has 1 amide bonds. The van der Waals surface area contributed by atoms with E-state index in [1.807, 2.05) is 0 Å². The van der Waals surface area contributed by atoms with Crippen molar-refractivity contribution < 1.29 is 27.2 Å². The molecule has 2 saturated carbocycles. The van der Waals surface area contributed by atoms with Gasteiger partial charge in [0.25, 0.3) is 15.9 Å². The highest BCUT2D eigenvalue weighted by Crippen LogP contribution is 2.62. The smallest absolute Gasteiger partial charge is 0.270 e. The number of rotatable bonds is 8. The third-order valence-corrected chi connectivity index (χ3v) is 11.3. The number of likely N-dealkylation sites (N-methyl/N-ethyl adjacent to an activating group) is 1. The summed E-state index contributed by atoms with van der Waals surface area (Å²) in [4.78, 5) is 17.2. The summed E-state index contributed by atoms with van der Waals surface area (Å²) in [7, 11) is -1.49. The van der Waals surface area contributed by atoms with Gasteiger partial charge in [0.05, 0.1) is 14.2 Å². The third-order valence-electron chi connectivity index (χ3n) is 9.92. The number of carbonyl (C=O) groups excluding carboxylic acids is 1. The number of carbonyl (C=O) groups is 1. The first kappa shape index (κ1) is 28.2. The van der Waals surface area contributed by atoms with E-state index in [2.05, 4.69) is 46.8 Å². The molecular weight excluding hydrogens is 568 g/mol. The van der Waals surface area contributed by atoms with Gasteiger partial charge in [0, 0.05) is 48.3 Å². The van der Waals surface area contributed by atoms with Crippen LogP contribution in [0.15, 0.2) is 39.8 Å². The molecule has 1 spiro atoms. The second-order valence-electron chi connectivity index (χ2n) is 12.4. The molecule has 43 heavy (non-hydrogen) atoms. The van der Waals surface area contributed by atoms with Crippen LogP contribution in [0.1, 0.15) is 66.1 Å². The molecule has 2 heterocycles. The first-order chi connectivity index (χ1) is 20.7. The summed E-state index contributed by atoms with van der Waals surface area (Å²) in [6, 6.07) is 9.64. The molecule has 10 nitrogen and oxygen atoms in total. The molecule has 0 radical (unpaired) electrons.